The van der Waals surface area contributed by atoms with Crippen LogP contribution in [0.2, 0.25) is 0 Å². The molecule has 5 heteroatoms. The minimum absolute atomic E-state index is 0.00992. The van der Waals surface area contributed by atoms with E-state index >= 15 is 0 Å². The van der Waals surface area contributed by atoms with E-state index in [1.807, 2.05) is 38.2 Å². The molecule has 1 fully saturated rings. The maximum atomic E-state index is 12.1. The van der Waals surface area contributed by atoms with E-state index in [1.165, 1.54) is 0 Å². The summed E-state index contributed by atoms with van der Waals surface area (Å²) in [5, 5.41) is 6.14. The zero-order valence-electron chi connectivity index (χ0n) is 11.5. The van der Waals surface area contributed by atoms with Crippen LogP contribution in [0.5, 0.6) is 5.75 Å². The molecule has 19 heavy (non-hydrogen) atoms. The van der Waals surface area contributed by atoms with Gasteiger partial charge in [-0.15, -0.1) is 0 Å². The topological polar surface area (TPSA) is 53.6 Å². The number of nitrogens with zero attached hydrogens (tertiary/aromatic N) is 1. The minimum atomic E-state index is -0.148. The van der Waals surface area contributed by atoms with Crippen LogP contribution in [0.15, 0.2) is 24.3 Å². The zero-order chi connectivity index (χ0) is 13.7. The van der Waals surface area contributed by atoms with E-state index in [1.54, 1.807) is 0 Å². The largest absolute Gasteiger partial charge is 0.494 e. The molecule has 1 aromatic rings. The molecule has 0 bridgehead atoms. The van der Waals surface area contributed by atoms with Gasteiger partial charge in [0.05, 0.1) is 12.6 Å². The normalized spacial score (nSPS) is 20.0. The van der Waals surface area contributed by atoms with Gasteiger partial charge in [-0.2, -0.15) is 0 Å². The maximum Gasteiger partial charge on any atom is 0.242 e. The van der Waals surface area contributed by atoms with Gasteiger partial charge in [0.15, 0.2) is 0 Å². The van der Waals surface area contributed by atoms with Gasteiger partial charge in [-0.25, -0.2) is 0 Å². The highest BCUT2D eigenvalue weighted by atomic mass is 16.5. The number of nitrogens with one attached hydrogen (secondary N) is 2. The standard InChI is InChI=1S/C14H21N3O2/c1-3-19-12-6-4-11(5-7-12)16-14(18)13-10-17(2)9-8-15-13/h4-7,13,15H,3,8-10H2,1-2H3,(H,16,18). The summed E-state index contributed by atoms with van der Waals surface area (Å²) in [5.41, 5.74) is 0.795. The second-order valence-corrected chi connectivity index (χ2v) is 4.72. The first-order valence-electron chi connectivity index (χ1n) is 6.64. The number of carbonyl (C=O) groups excluding carboxylic acids is 1. The minimum Gasteiger partial charge on any atom is -0.494 e. The van der Waals surface area contributed by atoms with E-state index in [4.69, 9.17) is 4.74 Å². The summed E-state index contributed by atoms with van der Waals surface area (Å²) in [4.78, 5) is 14.2. The second kappa shape index (κ2) is 6.54. The number of benzene rings is 1. The molecular formula is C14H21N3O2. The second-order valence-electron chi connectivity index (χ2n) is 4.72. The van der Waals surface area contributed by atoms with Gasteiger partial charge >= 0.3 is 0 Å². The van der Waals surface area contributed by atoms with Crippen molar-refractivity contribution < 1.29 is 9.53 Å². The van der Waals surface area contributed by atoms with E-state index in [0.717, 1.165) is 31.1 Å². The van der Waals surface area contributed by atoms with Crippen LogP contribution >= 0.6 is 0 Å². The average Bonchev–Trinajstić information content (AvgIpc) is 2.41. The van der Waals surface area contributed by atoms with E-state index in [-0.39, 0.29) is 11.9 Å². The first-order valence-corrected chi connectivity index (χ1v) is 6.64. The lowest BCUT2D eigenvalue weighted by Crippen LogP contribution is -2.54. The van der Waals surface area contributed by atoms with E-state index < -0.39 is 0 Å². The molecule has 1 aliphatic rings. The fraction of sp³-hybridized carbons (Fsp3) is 0.500. The Labute approximate surface area is 113 Å². The van der Waals surface area contributed by atoms with Gasteiger partial charge in [-0.3, -0.25) is 4.79 Å². The van der Waals surface area contributed by atoms with Gasteiger partial charge in [0, 0.05) is 25.3 Å². The van der Waals surface area contributed by atoms with Crippen molar-refractivity contribution in [2.24, 2.45) is 0 Å². The molecule has 5 nitrogen and oxygen atoms in total. The zero-order valence-corrected chi connectivity index (χ0v) is 11.5. The number of carbonyl (C=O) groups is 1. The average molecular weight is 263 g/mol. The molecule has 0 radical (unpaired) electrons. The van der Waals surface area contributed by atoms with E-state index in [0.29, 0.717) is 6.61 Å². The summed E-state index contributed by atoms with van der Waals surface area (Å²) < 4.78 is 5.36. The van der Waals surface area contributed by atoms with Gasteiger partial charge < -0.3 is 20.3 Å². The van der Waals surface area contributed by atoms with Gasteiger partial charge in [-0.1, -0.05) is 0 Å². The summed E-state index contributed by atoms with van der Waals surface area (Å²) in [6, 6.07) is 7.29. The molecule has 0 saturated carbocycles. The third kappa shape index (κ3) is 3.94. The number of hydrogen-bond acceptors (Lipinski definition) is 4. The Bertz CT molecular complexity index is 419. The van der Waals surface area contributed by atoms with Gasteiger partial charge in [0.1, 0.15) is 5.75 Å². The number of ether oxygens (including phenoxy) is 1. The Morgan fingerprint density at radius 2 is 2.21 bits per heavy atom. The third-order valence-corrected chi connectivity index (χ3v) is 3.13. The van der Waals surface area contributed by atoms with Crippen LogP contribution < -0.4 is 15.4 Å². The molecule has 1 aliphatic heterocycles. The molecule has 0 spiro atoms. The Morgan fingerprint density at radius 3 is 2.84 bits per heavy atom. The lowest BCUT2D eigenvalue weighted by Gasteiger charge is -2.29. The van der Waals surface area contributed by atoms with Crippen molar-refractivity contribution in [3.05, 3.63) is 24.3 Å². The molecule has 2 rings (SSSR count). The lowest BCUT2D eigenvalue weighted by molar-refractivity contribution is -0.119. The molecule has 2 N–H and O–H groups in total. The Balaban J connectivity index is 1.90. The number of rotatable bonds is 4. The quantitative estimate of drug-likeness (QED) is 0.848. The summed E-state index contributed by atoms with van der Waals surface area (Å²) in [6.07, 6.45) is 0. The summed E-state index contributed by atoms with van der Waals surface area (Å²) in [6.45, 7) is 5.15. The Morgan fingerprint density at radius 1 is 1.47 bits per heavy atom. The Hall–Kier alpha value is -1.59. The number of likely N-dealkylation sites (N-methyl/N-ethyl adjacent to an activating group) is 1. The monoisotopic (exact) mass is 263 g/mol. The fourth-order valence-corrected chi connectivity index (χ4v) is 2.10. The van der Waals surface area contributed by atoms with Crippen LogP contribution in [0.25, 0.3) is 0 Å². The van der Waals surface area contributed by atoms with Crippen LogP contribution in [0.3, 0.4) is 0 Å². The van der Waals surface area contributed by atoms with Crippen molar-refractivity contribution in [2.75, 3.05) is 38.6 Å². The molecule has 1 saturated heterocycles. The van der Waals surface area contributed by atoms with Crippen molar-refractivity contribution in [1.82, 2.24) is 10.2 Å². The van der Waals surface area contributed by atoms with Gasteiger partial charge in [-0.05, 0) is 38.2 Å². The first kappa shape index (κ1) is 13.8. The third-order valence-electron chi connectivity index (χ3n) is 3.13. The van der Waals surface area contributed by atoms with Crippen LogP contribution in [0.4, 0.5) is 5.69 Å². The molecular weight excluding hydrogens is 242 g/mol. The van der Waals surface area contributed by atoms with Gasteiger partial charge in [0.25, 0.3) is 0 Å². The first-order chi connectivity index (χ1) is 9.19. The van der Waals surface area contributed by atoms with Crippen LogP contribution in [-0.2, 0) is 4.79 Å². The predicted octanol–water partition coefficient (Wildman–Crippen LogP) is 0.927. The van der Waals surface area contributed by atoms with Crippen molar-refractivity contribution in [1.29, 1.82) is 0 Å². The highest BCUT2D eigenvalue weighted by Gasteiger charge is 2.23. The molecule has 1 unspecified atom stereocenters. The molecule has 104 valence electrons. The van der Waals surface area contributed by atoms with E-state index in [2.05, 4.69) is 15.5 Å². The van der Waals surface area contributed by atoms with Gasteiger partial charge in [0.2, 0.25) is 5.91 Å². The summed E-state index contributed by atoms with van der Waals surface area (Å²) >= 11 is 0. The van der Waals surface area contributed by atoms with Crippen LogP contribution in [-0.4, -0.2) is 50.1 Å². The van der Waals surface area contributed by atoms with E-state index in [9.17, 15) is 4.79 Å². The molecule has 1 heterocycles. The van der Waals surface area contributed by atoms with Crippen LogP contribution in [0.1, 0.15) is 6.92 Å². The van der Waals surface area contributed by atoms with Crippen molar-refractivity contribution in [2.45, 2.75) is 13.0 Å². The predicted molar refractivity (Wildman–Crippen MR) is 75.5 cm³/mol. The fourth-order valence-electron chi connectivity index (χ4n) is 2.10. The molecule has 0 aliphatic carbocycles. The van der Waals surface area contributed by atoms with Crippen molar-refractivity contribution in [3.63, 3.8) is 0 Å². The molecule has 1 atom stereocenters. The SMILES string of the molecule is CCOc1ccc(NC(=O)C2CN(C)CCN2)cc1. The molecule has 1 amide bonds. The molecule has 1 aromatic carbocycles. The summed E-state index contributed by atoms with van der Waals surface area (Å²) in [7, 11) is 2.03. The Kier molecular flexibility index (Phi) is 4.76. The molecule has 0 aromatic heterocycles. The number of hydrogen-bond donors (Lipinski definition) is 2. The highest BCUT2D eigenvalue weighted by molar-refractivity contribution is 5.95. The maximum absolute atomic E-state index is 12.1. The number of piperazine rings is 1. The highest BCUT2D eigenvalue weighted by Crippen LogP contribution is 2.15. The summed E-state index contributed by atoms with van der Waals surface area (Å²) in [5.74, 6) is 0.826. The lowest BCUT2D eigenvalue weighted by atomic mass is 10.2. The van der Waals surface area contributed by atoms with Crippen molar-refractivity contribution >= 4 is 11.6 Å². The number of amides is 1. The van der Waals surface area contributed by atoms with Crippen LogP contribution in [0, 0.1) is 0 Å². The smallest absolute Gasteiger partial charge is 0.242 e. The number of anilines is 1. The van der Waals surface area contributed by atoms with Crippen molar-refractivity contribution in [3.8, 4) is 5.75 Å².